The lowest BCUT2D eigenvalue weighted by molar-refractivity contribution is -0.340. The molecule has 1 heterocycles. The van der Waals surface area contributed by atoms with Crippen LogP contribution in [0.15, 0.2) is 33.5 Å². The molecule has 0 bridgehead atoms. The van der Waals surface area contributed by atoms with Crippen LogP contribution in [-0.4, -0.2) is 29.0 Å². The predicted molar refractivity (Wildman–Crippen MR) is 100 cm³/mol. The average molecular weight is 420 g/mol. The Bertz CT molecular complexity index is 1000. The van der Waals surface area contributed by atoms with Crippen molar-refractivity contribution in [1.82, 2.24) is 0 Å². The van der Waals surface area contributed by atoms with E-state index in [0.29, 0.717) is 0 Å². The van der Waals surface area contributed by atoms with E-state index in [9.17, 15) is 24.0 Å². The Labute approximate surface area is 170 Å². The molecule has 1 aromatic carbocycles. The van der Waals surface area contributed by atoms with Crippen LogP contribution in [-0.2, 0) is 34.6 Å². The van der Waals surface area contributed by atoms with Crippen LogP contribution in [0.25, 0.3) is 11.0 Å². The van der Waals surface area contributed by atoms with Crippen LogP contribution in [0.5, 0.6) is 0 Å². The van der Waals surface area contributed by atoms with Crippen molar-refractivity contribution in [2.24, 2.45) is 0 Å². The van der Waals surface area contributed by atoms with E-state index in [1.165, 1.54) is 39.0 Å². The molecule has 2 rings (SSSR count). The minimum atomic E-state index is -2.53. The van der Waals surface area contributed by atoms with Gasteiger partial charge in [-0.15, -0.1) is 0 Å². The third-order valence-electron chi connectivity index (χ3n) is 3.93. The van der Waals surface area contributed by atoms with E-state index in [2.05, 4.69) is 0 Å². The standard InChI is InChI=1S/C20H20O10/c1-4-15(21)28-20(29-16(22)5-2,30-17(23)6-3)12-7-8-14-11(9-12)10-13(18(24)25)19(26)27-14/h7-10H,4-6H2,1-3H3,(H,24,25). The maximum Gasteiger partial charge on any atom is 0.453 e. The highest BCUT2D eigenvalue weighted by Crippen LogP contribution is 2.33. The lowest BCUT2D eigenvalue weighted by atomic mass is 10.1. The van der Waals surface area contributed by atoms with Crippen molar-refractivity contribution < 1.29 is 42.9 Å². The number of fused-ring (bicyclic) bond motifs is 1. The molecule has 0 aliphatic rings. The normalized spacial score (nSPS) is 11.0. The van der Waals surface area contributed by atoms with Gasteiger partial charge in [0, 0.05) is 24.6 Å². The number of aromatic carboxylic acids is 1. The van der Waals surface area contributed by atoms with E-state index in [1.54, 1.807) is 0 Å². The summed E-state index contributed by atoms with van der Waals surface area (Å²) in [5.74, 6) is -6.51. The Balaban J connectivity index is 2.74. The molecule has 1 N–H and O–H groups in total. The number of benzene rings is 1. The Hall–Kier alpha value is -3.69. The summed E-state index contributed by atoms with van der Waals surface area (Å²) in [4.78, 5) is 59.1. The van der Waals surface area contributed by atoms with Gasteiger partial charge in [-0.2, -0.15) is 0 Å². The van der Waals surface area contributed by atoms with E-state index in [-0.39, 0.29) is 35.8 Å². The van der Waals surface area contributed by atoms with Gasteiger partial charge in [0.25, 0.3) is 0 Å². The van der Waals surface area contributed by atoms with Crippen molar-refractivity contribution in [2.75, 3.05) is 0 Å². The number of ether oxygens (including phenoxy) is 3. The monoisotopic (exact) mass is 420 g/mol. The van der Waals surface area contributed by atoms with Crippen molar-refractivity contribution >= 4 is 34.8 Å². The van der Waals surface area contributed by atoms with E-state index in [0.717, 1.165) is 6.07 Å². The number of esters is 3. The van der Waals surface area contributed by atoms with Gasteiger partial charge in [-0.05, 0) is 24.3 Å². The van der Waals surface area contributed by atoms with Gasteiger partial charge >= 0.3 is 35.5 Å². The first-order valence-electron chi connectivity index (χ1n) is 9.12. The highest BCUT2D eigenvalue weighted by molar-refractivity contribution is 5.91. The first kappa shape index (κ1) is 22.6. The molecule has 1 aromatic heterocycles. The molecule has 0 saturated heterocycles. The van der Waals surface area contributed by atoms with Gasteiger partial charge in [-0.25, -0.2) is 9.59 Å². The molecule has 160 valence electrons. The van der Waals surface area contributed by atoms with Gasteiger partial charge in [0.1, 0.15) is 11.1 Å². The highest BCUT2D eigenvalue weighted by Gasteiger charge is 2.45. The molecule has 0 aliphatic carbocycles. The third kappa shape index (κ3) is 4.83. The van der Waals surface area contributed by atoms with Gasteiger partial charge < -0.3 is 23.7 Å². The van der Waals surface area contributed by atoms with Gasteiger partial charge in [-0.1, -0.05) is 20.8 Å². The number of carbonyl (C=O) groups is 4. The molecule has 0 fully saturated rings. The second kappa shape index (κ2) is 9.21. The summed E-state index contributed by atoms with van der Waals surface area (Å²) in [6.45, 7) is 4.47. The Morgan fingerprint density at radius 1 is 0.900 bits per heavy atom. The number of carbonyl (C=O) groups excluding carboxylic acids is 3. The fraction of sp³-hybridized carbons (Fsp3) is 0.350. The summed E-state index contributed by atoms with van der Waals surface area (Å²) in [7, 11) is 0. The molecule has 0 radical (unpaired) electrons. The van der Waals surface area contributed by atoms with Crippen LogP contribution < -0.4 is 5.63 Å². The van der Waals surface area contributed by atoms with Crippen molar-refractivity contribution in [3.05, 3.63) is 45.8 Å². The zero-order valence-corrected chi connectivity index (χ0v) is 16.6. The summed E-state index contributed by atoms with van der Waals surface area (Å²) in [6, 6.07) is 4.81. The van der Waals surface area contributed by atoms with Crippen LogP contribution in [0.1, 0.15) is 56.0 Å². The third-order valence-corrected chi connectivity index (χ3v) is 3.93. The summed E-state index contributed by atoms with van der Waals surface area (Å²) in [5, 5.41) is 9.25. The Kier molecular flexibility index (Phi) is 6.93. The number of carboxylic acids is 1. The van der Waals surface area contributed by atoms with Crippen molar-refractivity contribution in [2.45, 2.75) is 46.0 Å². The number of rotatable bonds is 8. The second-order valence-corrected chi connectivity index (χ2v) is 6.04. The van der Waals surface area contributed by atoms with Crippen molar-refractivity contribution in [3.8, 4) is 0 Å². The molecule has 0 unspecified atom stereocenters. The Morgan fingerprint density at radius 2 is 1.40 bits per heavy atom. The minimum Gasteiger partial charge on any atom is -0.477 e. The molecule has 10 heteroatoms. The number of carboxylic acid groups (broad SMARTS) is 1. The molecule has 30 heavy (non-hydrogen) atoms. The number of hydrogen-bond donors (Lipinski definition) is 1. The molecule has 0 saturated carbocycles. The maximum absolute atomic E-state index is 12.0. The van der Waals surface area contributed by atoms with E-state index in [1.807, 2.05) is 0 Å². The average Bonchev–Trinajstić information content (AvgIpc) is 2.72. The van der Waals surface area contributed by atoms with E-state index >= 15 is 0 Å². The minimum absolute atomic E-state index is 0.0214. The van der Waals surface area contributed by atoms with Crippen molar-refractivity contribution in [3.63, 3.8) is 0 Å². The highest BCUT2D eigenvalue weighted by atomic mass is 16.9. The molecule has 2 aromatic rings. The lowest BCUT2D eigenvalue weighted by Crippen LogP contribution is -2.41. The maximum atomic E-state index is 12.0. The molecular formula is C20H20O10. The number of hydrogen-bond acceptors (Lipinski definition) is 9. The fourth-order valence-electron chi connectivity index (χ4n) is 2.37. The van der Waals surface area contributed by atoms with E-state index < -0.39 is 41.0 Å². The summed E-state index contributed by atoms with van der Waals surface area (Å²) in [5.41, 5.74) is -1.76. The zero-order chi connectivity index (χ0) is 22.5. The Morgan fingerprint density at radius 3 is 1.83 bits per heavy atom. The quantitative estimate of drug-likeness (QED) is 0.384. The molecule has 10 nitrogen and oxygen atoms in total. The van der Waals surface area contributed by atoms with Crippen molar-refractivity contribution in [1.29, 1.82) is 0 Å². The van der Waals surface area contributed by atoms with Crippen LogP contribution in [0.4, 0.5) is 0 Å². The fourth-order valence-corrected chi connectivity index (χ4v) is 2.37. The summed E-state index contributed by atoms with van der Waals surface area (Å²) < 4.78 is 20.7. The molecule has 0 spiro atoms. The second-order valence-electron chi connectivity index (χ2n) is 6.04. The van der Waals surface area contributed by atoms with Gasteiger partial charge in [0.05, 0.1) is 5.56 Å². The summed E-state index contributed by atoms with van der Waals surface area (Å²) in [6.07, 6.45) is -0.331. The van der Waals surface area contributed by atoms with Gasteiger partial charge in [-0.3, -0.25) is 14.4 Å². The zero-order valence-electron chi connectivity index (χ0n) is 16.6. The van der Waals surface area contributed by atoms with Crippen LogP contribution in [0.3, 0.4) is 0 Å². The predicted octanol–water partition coefficient (Wildman–Crippen LogP) is 2.46. The first-order valence-corrected chi connectivity index (χ1v) is 9.12. The molecular weight excluding hydrogens is 400 g/mol. The van der Waals surface area contributed by atoms with Crippen LogP contribution in [0.2, 0.25) is 0 Å². The first-order chi connectivity index (χ1) is 14.2. The molecule has 0 amide bonds. The molecule has 0 aliphatic heterocycles. The topological polar surface area (TPSA) is 146 Å². The van der Waals surface area contributed by atoms with Crippen LogP contribution >= 0.6 is 0 Å². The van der Waals surface area contributed by atoms with Gasteiger partial charge in [0.15, 0.2) is 0 Å². The van der Waals surface area contributed by atoms with Crippen LogP contribution in [0, 0.1) is 0 Å². The SMILES string of the molecule is CCC(=O)OC(OC(=O)CC)(OC(=O)CC)c1ccc2oc(=O)c(C(=O)O)cc2c1. The van der Waals surface area contributed by atoms with Gasteiger partial charge in [0.2, 0.25) is 0 Å². The smallest absolute Gasteiger partial charge is 0.453 e. The largest absolute Gasteiger partial charge is 0.477 e. The lowest BCUT2D eigenvalue weighted by Gasteiger charge is -2.31. The summed E-state index contributed by atoms with van der Waals surface area (Å²) >= 11 is 0. The molecule has 0 atom stereocenters. The van der Waals surface area contributed by atoms with E-state index in [4.69, 9.17) is 23.7 Å².